The summed E-state index contributed by atoms with van der Waals surface area (Å²) in [7, 11) is 0. The smallest absolute Gasteiger partial charge is 0.0351 e. The summed E-state index contributed by atoms with van der Waals surface area (Å²) in [5, 5.41) is 0. The number of likely N-dealkylation sites (N-methyl/N-ethyl adjacent to an activating group) is 1. The Balaban J connectivity index is 2.23. The number of nitrogens with zero attached hydrogens (tertiary/aromatic N) is 2. The highest BCUT2D eigenvalue weighted by Gasteiger charge is 2.24. The van der Waals surface area contributed by atoms with Gasteiger partial charge in [0.25, 0.3) is 0 Å². The number of halogens is 1. The van der Waals surface area contributed by atoms with Crippen molar-refractivity contribution >= 4 is 11.6 Å². The summed E-state index contributed by atoms with van der Waals surface area (Å²) in [6.45, 7) is 10.2. The summed E-state index contributed by atoms with van der Waals surface area (Å²) < 4.78 is 0. The lowest BCUT2D eigenvalue weighted by Crippen LogP contribution is -2.45. The molecule has 15 heavy (non-hydrogen) atoms. The van der Waals surface area contributed by atoms with Gasteiger partial charge in [-0.2, -0.15) is 0 Å². The quantitative estimate of drug-likeness (QED) is 0.594. The minimum absolute atomic E-state index is 0.773. The molecule has 0 unspecified atom stereocenters. The van der Waals surface area contributed by atoms with Gasteiger partial charge in [0.15, 0.2) is 0 Å². The van der Waals surface area contributed by atoms with Crippen LogP contribution in [0.2, 0.25) is 0 Å². The highest BCUT2D eigenvalue weighted by atomic mass is 35.5. The lowest BCUT2D eigenvalue weighted by molar-refractivity contribution is 0.118. The second-order valence-corrected chi connectivity index (χ2v) is 4.71. The fraction of sp³-hybridized carbons (Fsp3) is 1.00. The van der Waals surface area contributed by atoms with Gasteiger partial charge in [0.2, 0.25) is 0 Å². The molecule has 0 heterocycles. The zero-order valence-corrected chi connectivity index (χ0v) is 11.0. The third-order valence-electron chi connectivity index (χ3n) is 3.56. The van der Waals surface area contributed by atoms with Gasteiger partial charge in [-0.1, -0.05) is 20.3 Å². The molecule has 0 aliphatic heterocycles. The van der Waals surface area contributed by atoms with E-state index in [0.29, 0.717) is 0 Å². The normalized spacial score (nSPS) is 17.4. The van der Waals surface area contributed by atoms with E-state index in [1.807, 2.05) is 0 Å². The molecule has 0 N–H and O–H groups in total. The van der Waals surface area contributed by atoms with Crippen molar-refractivity contribution in [3.8, 4) is 0 Å². The van der Waals surface area contributed by atoms with Crippen molar-refractivity contribution in [3.63, 3.8) is 0 Å². The first-order valence-electron chi connectivity index (χ1n) is 6.34. The standard InChI is InChI=1S/C12H25ClN2/c1-3-14(4-2)10-11-15(9-8-13)12-6-5-7-12/h12H,3-11H2,1-2H3. The minimum Gasteiger partial charge on any atom is -0.303 e. The fourth-order valence-electron chi connectivity index (χ4n) is 2.15. The first-order chi connectivity index (χ1) is 7.31. The molecule has 0 aromatic rings. The van der Waals surface area contributed by atoms with Crippen molar-refractivity contribution < 1.29 is 0 Å². The Morgan fingerprint density at radius 1 is 1.07 bits per heavy atom. The van der Waals surface area contributed by atoms with Crippen LogP contribution in [0, 0.1) is 0 Å². The van der Waals surface area contributed by atoms with E-state index in [9.17, 15) is 0 Å². The average molecular weight is 233 g/mol. The molecule has 0 radical (unpaired) electrons. The van der Waals surface area contributed by atoms with Crippen molar-refractivity contribution in [1.82, 2.24) is 9.80 Å². The Morgan fingerprint density at radius 2 is 1.73 bits per heavy atom. The van der Waals surface area contributed by atoms with E-state index in [2.05, 4.69) is 23.6 Å². The molecule has 0 aromatic heterocycles. The van der Waals surface area contributed by atoms with Gasteiger partial charge in [-0.05, 0) is 25.9 Å². The van der Waals surface area contributed by atoms with Gasteiger partial charge in [0.1, 0.15) is 0 Å². The molecule has 1 rings (SSSR count). The highest BCUT2D eigenvalue weighted by Crippen LogP contribution is 2.24. The molecule has 0 amide bonds. The van der Waals surface area contributed by atoms with Gasteiger partial charge in [-0.25, -0.2) is 0 Å². The van der Waals surface area contributed by atoms with Crippen LogP contribution in [0.15, 0.2) is 0 Å². The second kappa shape index (κ2) is 7.48. The molecule has 0 bridgehead atoms. The van der Waals surface area contributed by atoms with E-state index < -0.39 is 0 Å². The topological polar surface area (TPSA) is 6.48 Å². The van der Waals surface area contributed by atoms with Gasteiger partial charge < -0.3 is 4.90 Å². The van der Waals surface area contributed by atoms with E-state index in [1.165, 1.54) is 32.4 Å². The van der Waals surface area contributed by atoms with Crippen LogP contribution in [0.3, 0.4) is 0 Å². The predicted octanol–water partition coefficient (Wildman–Crippen LogP) is 2.42. The van der Waals surface area contributed by atoms with Crippen molar-refractivity contribution in [2.45, 2.75) is 39.2 Å². The molecular weight excluding hydrogens is 208 g/mol. The molecule has 0 aromatic carbocycles. The Morgan fingerprint density at radius 3 is 2.13 bits per heavy atom. The lowest BCUT2D eigenvalue weighted by Gasteiger charge is -2.38. The van der Waals surface area contributed by atoms with E-state index >= 15 is 0 Å². The summed E-state index contributed by atoms with van der Waals surface area (Å²) in [6, 6.07) is 0.833. The molecular formula is C12H25ClN2. The number of hydrogen-bond donors (Lipinski definition) is 0. The number of hydrogen-bond acceptors (Lipinski definition) is 2. The molecule has 1 aliphatic carbocycles. The molecule has 0 saturated heterocycles. The van der Waals surface area contributed by atoms with Gasteiger partial charge in [0, 0.05) is 31.6 Å². The Bertz CT molecular complexity index is 156. The third kappa shape index (κ3) is 4.29. The van der Waals surface area contributed by atoms with Crippen molar-refractivity contribution in [1.29, 1.82) is 0 Å². The predicted molar refractivity (Wildman–Crippen MR) is 67.7 cm³/mol. The first-order valence-corrected chi connectivity index (χ1v) is 6.87. The van der Waals surface area contributed by atoms with E-state index in [-0.39, 0.29) is 0 Å². The Kier molecular flexibility index (Phi) is 6.62. The summed E-state index contributed by atoms with van der Waals surface area (Å²) in [5.74, 6) is 0.773. The molecule has 3 heteroatoms. The Labute approximate surface area is 99.6 Å². The number of alkyl halides is 1. The van der Waals surface area contributed by atoms with Crippen LogP contribution >= 0.6 is 11.6 Å². The zero-order chi connectivity index (χ0) is 11.1. The molecule has 1 fully saturated rings. The van der Waals surface area contributed by atoms with Crippen LogP contribution in [0.5, 0.6) is 0 Å². The van der Waals surface area contributed by atoms with Crippen molar-refractivity contribution in [2.75, 3.05) is 38.6 Å². The van der Waals surface area contributed by atoms with Crippen LogP contribution < -0.4 is 0 Å². The molecule has 0 spiro atoms. The van der Waals surface area contributed by atoms with Crippen LogP contribution in [-0.4, -0.2) is 54.4 Å². The fourth-order valence-corrected chi connectivity index (χ4v) is 2.36. The van der Waals surface area contributed by atoms with Crippen LogP contribution in [0.4, 0.5) is 0 Å². The van der Waals surface area contributed by atoms with E-state index in [1.54, 1.807) is 0 Å². The van der Waals surface area contributed by atoms with Gasteiger partial charge in [-0.3, -0.25) is 4.90 Å². The van der Waals surface area contributed by atoms with Crippen LogP contribution in [-0.2, 0) is 0 Å². The molecule has 90 valence electrons. The molecule has 1 saturated carbocycles. The monoisotopic (exact) mass is 232 g/mol. The lowest BCUT2D eigenvalue weighted by atomic mass is 9.91. The summed E-state index contributed by atoms with van der Waals surface area (Å²) in [5.41, 5.74) is 0. The summed E-state index contributed by atoms with van der Waals surface area (Å²) in [4.78, 5) is 5.06. The van der Waals surface area contributed by atoms with Gasteiger partial charge in [0.05, 0.1) is 0 Å². The van der Waals surface area contributed by atoms with Crippen LogP contribution in [0.1, 0.15) is 33.1 Å². The minimum atomic E-state index is 0.773. The van der Waals surface area contributed by atoms with Crippen molar-refractivity contribution in [3.05, 3.63) is 0 Å². The SMILES string of the molecule is CCN(CC)CCN(CCCl)C1CCC1. The largest absolute Gasteiger partial charge is 0.303 e. The van der Waals surface area contributed by atoms with Crippen molar-refractivity contribution in [2.24, 2.45) is 0 Å². The Hall–Kier alpha value is 0.210. The second-order valence-electron chi connectivity index (χ2n) is 4.34. The maximum absolute atomic E-state index is 5.85. The molecule has 0 atom stereocenters. The number of rotatable bonds is 8. The first kappa shape index (κ1) is 13.3. The van der Waals surface area contributed by atoms with E-state index in [0.717, 1.165) is 31.6 Å². The maximum Gasteiger partial charge on any atom is 0.0351 e. The summed E-state index contributed by atoms with van der Waals surface area (Å²) >= 11 is 5.85. The molecule has 2 nitrogen and oxygen atoms in total. The van der Waals surface area contributed by atoms with E-state index in [4.69, 9.17) is 11.6 Å². The highest BCUT2D eigenvalue weighted by molar-refractivity contribution is 6.18. The maximum atomic E-state index is 5.85. The zero-order valence-electron chi connectivity index (χ0n) is 10.2. The van der Waals surface area contributed by atoms with Crippen LogP contribution in [0.25, 0.3) is 0 Å². The summed E-state index contributed by atoms with van der Waals surface area (Å²) in [6.07, 6.45) is 4.18. The van der Waals surface area contributed by atoms with Gasteiger partial charge >= 0.3 is 0 Å². The van der Waals surface area contributed by atoms with Gasteiger partial charge in [-0.15, -0.1) is 11.6 Å². The third-order valence-corrected chi connectivity index (χ3v) is 3.73. The molecule has 1 aliphatic rings. The average Bonchev–Trinajstić information content (AvgIpc) is 2.17.